The van der Waals surface area contributed by atoms with Gasteiger partial charge in [-0.25, -0.2) is 4.79 Å². The van der Waals surface area contributed by atoms with E-state index in [4.69, 9.17) is 5.11 Å². The number of hydrogen-bond donors (Lipinski definition) is 1. The molecule has 0 saturated carbocycles. The van der Waals surface area contributed by atoms with Crippen molar-refractivity contribution in [3.63, 3.8) is 0 Å². The van der Waals surface area contributed by atoms with Gasteiger partial charge in [0, 0.05) is 32.2 Å². The van der Waals surface area contributed by atoms with Crippen molar-refractivity contribution in [1.82, 2.24) is 14.7 Å². The van der Waals surface area contributed by atoms with Crippen LogP contribution < -0.4 is 0 Å². The van der Waals surface area contributed by atoms with Gasteiger partial charge in [0.1, 0.15) is 0 Å². The molecule has 2 fully saturated rings. The fourth-order valence-electron chi connectivity index (χ4n) is 3.63. The average Bonchev–Trinajstić information content (AvgIpc) is 3.06. The Balaban J connectivity index is 1.90. The third-order valence-corrected chi connectivity index (χ3v) is 4.75. The van der Waals surface area contributed by atoms with Crippen LogP contribution in [0, 0.1) is 0 Å². The zero-order valence-electron chi connectivity index (χ0n) is 13.1. The first-order valence-electron chi connectivity index (χ1n) is 8.00. The summed E-state index contributed by atoms with van der Waals surface area (Å²) in [5, 5.41) is 8.95. The van der Waals surface area contributed by atoms with Crippen LogP contribution in [0.15, 0.2) is 0 Å². The summed E-state index contributed by atoms with van der Waals surface area (Å²) in [5.41, 5.74) is 0. The lowest BCUT2D eigenvalue weighted by Crippen LogP contribution is -2.48. The number of likely N-dealkylation sites (N-methyl/N-ethyl adjacent to an activating group) is 2. The van der Waals surface area contributed by atoms with Crippen molar-refractivity contribution in [3.05, 3.63) is 0 Å². The Morgan fingerprint density at radius 3 is 2.52 bits per heavy atom. The van der Waals surface area contributed by atoms with Crippen molar-refractivity contribution < 1.29 is 14.7 Å². The molecule has 2 unspecified atom stereocenters. The molecular formula is C15H27N3O3. The van der Waals surface area contributed by atoms with E-state index in [1.54, 1.807) is 9.80 Å². The van der Waals surface area contributed by atoms with E-state index in [0.717, 1.165) is 38.9 Å². The van der Waals surface area contributed by atoms with E-state index >= 15 is 0 Å². The number of carboxylic acid groups (broad SMARTS) is 1. The van der Waals surface area contributed by atoms with Crippen molar-refractivity contribution in [2.45, 2.75) is 51.1 Å². The van der Waals surface area contributed by atoms with E-state index < -0.39 is 5.97 Å². The SMILES string of the molecule is CCN1CCCC1CN(C)C(=O)N1CCCC1CC(=O)O. The normalized spacial score (nSPS) is 26.3. The molecule has 0 aliphatic carbocycles. The standard InChI is InChI=1S/C15H27N3O3/c1-3-17-8-4-7-13(17)11-16(2)15(21)18-9-5-6-12(18)10-14(19)20/h12-13H,3-11H2,1-2H3,(H,19,20). The van der Waals surface area contributed by atoms with Gasteiger partial charge < -0.3 is 14.9 Å². The summed E-state index contributed by atoms with van der Waals surface area (Å²) < 4.78 is 0. The molecule has 2 rings (SSSR count). The molecule has 2 aliphatic heterocycles. The number of amides is 2. The van der Waals surface area contributed by atoms with Gasteiger partial charge in [-0.2, -0.15) is 0 Å². The summed E-state index contributed by atoms with van der Waals surface area (Å²) in [5.74, 6) is -0.824. The van der Waals surface area contributed by atoms with Gasteiger partial charge in [0.05, 0.1) is 6.42 Å². The van der Waals surface area contributed by atoms with Crippen LogP contribution in [0.2, 0.25) is 0 Å². The third kappa shape index (κ3) is 3.87. The number of carbonyl (C=O) groups excluding carboxylic acids is 1. The Hall–Kier alpha value is -1.30. The second-order valence-electron chi connectivity index (χ2n) is 6.18. The predicted octanol–water partition coefficient (Wildman–Crippen LogP) is 1.46. The van der Waals surface area contributed by atoms with E-state index in [-0.39, 0.29) is 18.5 Å². The lowest BCUT2D eigenvalue weighted by molar-refractivity contribution is -0.138. The maximum absolute atomic E-state index is 12.6. The minimum absolute atomic E-state index is 0.0123. The number of hydrogen-bond acceptors (Lipinski definition) is 3. The van der Waals surface area contributed by atoms with Crippen LogP contribution in [0.4, 0.5) is 4.79 Å². The van der Waals surface area contributed by atoms with Gasteiger partial charge in [-0.15, -0.1) is 0 Å². The van der Waals surface area contributed by atoms with Gasteiger partial charge in [0.25, 0.3) is 0 Å². The first kappa shape index (κ1) is 16.1. The van der Waals surface area contributed by atoms with Gasteiger partial charge in [0.15, 0.2) is 0 Å². The lowest BCUT2D eigenvalue weighted by Gasteiger charge is -2.32. The minimum Gasteiger partial charge on any atom is -0.481 e. The summed E-state index contributed by atoms with van der Waals surface area (Å²) in [4.78, 5) is 29.4. The summed E-state index contributed by atoms with van der Waals surface area (Å²) in [6, 6.07) is 0.300. The van der Waals surface area contributed by atoms with Gasteiger partial charge >= 0.3 is 12.0 Å². The van der Waals surface area contributed by atoms with Crippen molar-refractivity contribution in [3.8, 4) is 0 Å². The minimum atomic E-state index is -0.824. The average molecular weight is 297 g/mol. The van der Waals surface area contributed by atoms with E-state index in [9.17, 15) is 9.59 Å². The van der Waals surface area contributed by atoms with Crippen LogP contribution in [0.25, 0.3) is 0 Å². The highest BCUT2D eigenvalue weighted by Gasteiger charge is 2.33. The fraction of sp³-hybridized carbons (Fsp3) is 0.867. The molecule has 6 nitrogen and oxygen atoms in total. The van der Waals surface area contributed by atoms with Gasteiger partial charge in [-0.3, -0.25) is 9.69 Å². The second kappa shape index (κ2) is 7.11. The maximum atomic E-state index is 12.6. The first-order chi connectivity index (χ1) is 10.0. The van der Waals surface area contributed by atoms with E-state index in [1.807, 2.05) is 7.05 Å². The van der Waals surface area contributed by atoms with Crippen LogP contribution in [0.1, 0.15) is 39.0 Å². The zero-order valence-corrected chi connectivity index (χ0v) is 13.1. The molecule has 2 amide bonds. The van der Waals surface area contributed by atoms with Crippen LogP contribution >= 0.6 is 0 Å². The topological polar surface area (TPSA) is 64.1 Å². The first-order valence-corrected chi connectivity index (χ1v) is 8.00. The molecule has 0 aromatic carbocycles. The highest BCUT2D eigenvalue weighted by Crippen LogP contribution is 2.23. The highest BCUT2D eigenvalue weighted by molar-refractivity contribution is 5.76. The van der Waals surface area contributed by atoms with Gasteiger partial charge in [-0.1, -0.05) is 6.92 Å². The predicted molar refractivity (Wildman–Crippen MR) is 80.3 cm³/mol. The number of carboxylic acids is 1. The van der Waals surface area contributed by atoms with Crippen LogP contribution in [-0.4, -0.2) is 77.1 Å². The van der Waals surface area contributed by atoms with Crippen LogP contribution in [-0.2, 0) is 4.79 Å². The number of nitrogens with zero attached hydrogens (tertiary/aromatic N) is 3. The molecule has 0 spiro atoms. The van der Waals surface area contributed by atoms with Crippen molar-refractivity contribution in [2.24, 2.45) is 0 Å². The summed E-state index contributed by atoms with van der Waals surface area (Å²) in [6.45, 7) is 5.72. The maximum Gasteiger partial charge on any atom is 0.320 e. The fourth-order valence-corrected chi connectivity index (χ4v) is 3.63. The third-order valence-electron chi connectivity index (χ3n) is 4.75. The summed E-state index contributed by atoms with van der Waals surface area (Å²) >= 11 is 0. The summed E-state index contributed by atoms with van der Waals surface area (Å²) in [6.07, 6.45) is 4.11. The highest BCUT2D eigenvalue weighted by atomic mass is 16.4. The molecule has 0 radical (unpaired) electrons. The Labute approximate surface area is 126 Å². The Kier molecular flexibility index (Phi) is 5.45. The molecule has 0 bridgehead atoms. The molecule has 21 heavy (non-hydrogen) atoms. The molecule has 2 heterocycles. The van der Waals surface area contributed by atoms with Gasteiger partial charge in [0.2, 0.25) is 0 Å². The Morgan fingerprint density at radius 1 is 1.19 bits per heavy atom. The number of carbonyl (C=O) groups is 2. The lowest BCUT2D eigenvalue weighted by atomic mass is 10.1. The molecule has 120 valence electrons. The van der Waals surface area contributed by atoms with Crippen molar-refractivity contribution in [1.29, 1.82) is 0 Å². The molecule has 2 atom stereocenters. The van der Waals surface area contributed by atoms with Crippen LogP contribution in [0.5, 0.6) is 0 Å². The second-order valence-corrected chi connectivity index (χ2v) is 6.18. The van der Waals surface area contributed by atoms with Crippen molar-refractivity contribution >= 4 is 12.0 Å². The van der Waals surface area contributed by atoms with E-state index in [2.05, 4.69) is 11.8 Å². The molecule has 2 aliphatic rings. The Morgan fingerprint density at radius 2 is 1.86 bits per heavy atom. The molecule has 0 aromatic heterocycles. The smallest absolute Gasteiger partial charge is 0.320 e. The number of likely N-dealkylation sites (tertiary alicyclic amines) is 2. The number of aliphatic carboxylic acids is 1. The quantitative estimate of drug-likeness (QED) is 0.834. The number of urea groups is 1. The van der Waals surface area contributed by atoms with Crippen LogP contribution in [0.3, 0.4) is 0 Å². The molecule has 6 heteroatoms. The van der Waals surface area contributed by atoms with E-state index in [1.165, 1.54) is 6.42 Å². The van der Waals surface area contributed by atoms with Gasteiger partial charge in [-0.05, 0) is 38.8 Å². The molecule has 2 saturated heterocycles. The van der Waals surface area contributed by atoms with E-state index in [0.29, 0.717) is 12.6 Å². The zero-order chi connectivity index (χ0) is 15.4. The number of rotatable bonds is 5. The monoisotopic (exact) mass is 297 g/mol. The molecular weight excluding hydrogens is 270 g/mol. The Bertz CT molecular complexity index is 388. The molecule has 1 N–H and O–H groups in total. The van der Waals surface area contributed by atoms with Crippen molar-refractivity contribution in [2.75, 3.05) is 33.2 Å². The largest absolute Gasteiger partial charge is 0.481 e. The molecule has 0 aromatic rings. The summed E-state index contributed by atoms with van der Waals surface area (Å²) in [7, 11) is 1.84.